The first-order valence-corrected chi connectivity index (χ1v) is 4.03. The first-order chi connectivity index (χ1) is 5.64. The van der Waals surface area contributed by atoms with Crippen LogP contribution in [0.4, 0.5) is 0 Å². The number of allylic oxidation sites excluding steroid dienone is 2. The van der Waals surface area contributed by atoms with E-state index in [0.717, 1.165) is 11.5 Å². The molecule has 2 heterocycles. The molecule has 1 fully saturated rings. The molecule has 0 unspecified atom stereocenters. The fourth-order valence-electron chi connectivity index (χ4n) is 1.37. The van der Waals surface area contributed by atoms with Crippen molar-refractivity contribution >= 4 is 5.91 Å². The van der Waals surface area contributed by atoms with Gasteiger partial charge in [0, 0.05) is 13.1 Å². The van der Waals surface area contributed by atoms with Gasteiger partial charge in [-0.05, 0) is 13.8 Å². The van der Waals surface area contributed by atoms with Gasteiger partial charge in [-0.2, -0.15) is 0 Å². The van der Waals surface area contributed by atoms with Gasteiger partial charge in [-0.3, -0.25) is 4.79 Å². The third kappa shape index (κ3) is 0.845. The number of rotatable bonds is 0. The van der Waals surface area contributed by atoms with Gasteiger partial charge in [-0.25, -0.2) is 0 Å². The van der Waals surface area contributed by atoms with Gasteiger partial charge in [0.1, 0.15) is 5.76 Å². The molecule has 1 spiro atoms. The van der Waals surface area contributed by atoms with E-state index < -0.39 is 5.60 Å². The van der Waals surface area contributed by atoms with Crippen molar-refractivity contribution in [2.45, 2.75) is 19.4 Å². The standard InChI is InChI=1S/C8H12N2O2/c1-5-6(2)12-8(3-9-4-8)7(11)10-5/h9H,3-4H2,1-2H3,(H,10,11). The molecule has 0 aromatic heterocycles. The maximum atomic E-state index is 11.4. The van der Waals surface area contributed by atoms with Crippen LogP contribution in [0.5, 0.6) is 0 Å². The van der Waals surface area contributed by atoms with Crippen LogP contribution in [0.25, 0.3) is 0 Å². The number of carbonyl (C=O) groups excluding carboxylic acids is 1. The van der Waals surface area contributed by atoms with Gasteiger partial charge in [-0.1, -0.05) is 0 Å². The number of ether oxygens (including phenoxy) is 1. The van der Waals surface area contributed by atoms with Crippen molar-refractivity contribution in [3.05, 3.63) is 11.5 Å². The quantitative estimate of drug-likeness (QED) is 0.523. The van der Waals surface area contributed by atoms with Crippen molar-refractivity contribution in [2.75, 3.05) is 13.1 Å². The van der Waals surface area contributed by atoms with Gasteiger partial charge >= 0.3 is 0 Å². The van der Waals surface area contributed by atoms with Crippen LogP contribution in [0.3, 0.4) is 0 Å². The highest BCUT2D eigenvalue weighted by Crippen LogP contribution is 2.25. The second-order valence-corrected chi connectivity index (χ2v) is 3.34. The second-order valence-electron chi connectivity index (χ2n) is 3.34. The molecular formula is C8H12N2O2. The van der Waals surface area contributed by atoms with E-state index in [-0.39, 0.29) is 5.91 Å². The molecule has 4 nitrogen and oxygen atoms in total. The summed E-state index contributed by atoms with van der Waals surface area (Å²) in [5, 5.41) is 5.83. The Morgan fingerprint density at radius 2 is 2.08 bits per heavy atom. The summed E-state index contributed by atoms with van der Waals surface area (Å²) in [5.74, 6) is 0.792. The highest BCUT2D eigenvalue weighted by molar-refractivity contribution is 5.89. The van der Waals surface area contributed by atoms with Gasteiger partial charge in [0.25, 0.3) is 5.91 Å². The van der Waals surface area contributed by atoms with Crippen LogP contribution in [0.15, 0.2) is 11.5 Å². The first kappa shape index (κ1) is 7.61. The van der Waals surface area contributed by atoms with E-state index in [2.05, 4.69) is 10.6 Å². The minimum absolute atomic E-state index is 0.0237. The van der Waals surface area contributed by atoms with Crippen molar-refractivity contribution in [2.24, 2.45) is 0 Å². The Bertz CT molecular complexity index is 266. The van der Waals surface area contributed by atoms with Crippen molar-refractivity contribution in [1.29, 1.82) is 0 Å². The molecule has 0 aromatic rings. The van der Waals surface area contributed by atoms with Crippen LogP contribution < -0.4 is 10.6 Å². The molecule has 2 aliphatic heterocycles. The highest BCUT2D eigenvalue weighted by Gasteiger charge is 2.49. The molecule has 0 bridgehead atoms. The minimum Gasteiger partial charge on any atom is -0.478 e. The summed E-state index contributed by atoms with van der Waals surface area (Å²) in [5.41, 5.74) is 0.210. The summed E-state index contributed by atoms with van der Waals surface area (Å²) < 4.78 is 5.54. The van der Waals surface area contributed by atoms with Crippen LogP contribution in [0, 0.1) is 0 Å². The SMILES string of the molecule is CC1=C(C)OC2(CNC2)C(=O)N1. The largest absolute Gasteiger partial charge is 0.478 e. The third-order valence-corrected chi connectivity index (χ3v) is 2.41. The lowest BCUT2D eigenvalue weighted by Crippen LogP contribution is -2.69. The monoisotopic (exact) mass is 168 g/mol. The van der Waals surface area contributed by atoms with E-state index in [1.807, 2.05) is 13.8 Å². The predicted octanol–water partition coefficient (Wildman–Crippen LogP) is -0.274. The van der Waals surface area contributed by atoms with Crippen LogP contribution in [-0.2, 0) is 9.53 Å². The Morgan fingerprint density at radius 1 is 1.42 bits per heavy atom. The summed E-state index contributed by atoms with van der Waals surface area (Å²) >= 11 is 0. The minimum atomic E-state index is -0.608. The molecule has 0 aromatic carbocycles. The lowest BCUT2D eigenvalue weighted by atomic mass is 9.94. The summed E-state index contributed by atoms with van der Waals surface area (Å²) in [6.45, 7) is 4.94. The molecule has 2 aliphatic rings. The molecule has 0 radical (unpaired) electrons. The smallest absolute Gasteiger partial charge is 0.271 e. The Balaban J connectivity index is 2.26. The van der Waals surface area contributed by atoms with Crippen LogP contribution >= 0.6 is 0 Å². The lowest BCUT2D eigenvalue weighted by Gasteiger charge is -2.43. The van der Waals surface area contributed by atoms with E-state index in [4.69, 9.17) is 4.74 Å². The maximum Gasteiger partial charge on any atom is 0.271 e. The van der Waals surface area contributed by atoms with Crippen molar-refractivity contribution < 1.29 is 9.53 Å². The zero-order chi connectivity index (χ0) is 8.77. The summed E-state index contributed by atoms with van der Waals surface area (Å²) in [6, 6.07) is 0. The van der Waals surface area contributed by atoms with Crippen LogP contribution in [0.2, 0.25) is 0 Å². The molecule has 2 rings (SSSR count). The Kier molecular flexibility index (Phi) is 1.41. The van der Waals surface area contributed by atoms with Gasteiger partial charge < -0.3 is 15.4 Å². The first-order valence-electron chi connectivity index (χ1n) is 4.03. The van der Waals surface area contributed by atoms with Crippen LogP contribution in [-0.4, -0.2) is 24.6 Å². The summed E-state index contributed by atoms with van der Waals surface area (Å²) in [4.78, 5) is 11.4. The highest BCUT2D eigenvalue weighted by atomic mass is 16.5. The topological polar surface area (TPSA) is 50.4 Å². The van der Waals surface area contributed by atoms with E-state index in [9.17, 15) is 4.79 Å². The van der Waals surface area contributed by atoms with E-state index >= 15 is 0 Å². The maximum absolute atomic E-state index is 11.4. The molecule has 1 saturated heterocycles. The number of carbonyl (C=O) groups is 1. The fraction of sp³-hybridized carbons (Fsp3) is 0.625. The van der Waals surface area contributed by atoms with E-state index in [1.54, 1.807) is 0 Å². The number of nitrogens with one attached hydrogen (secondary N) is 2. The van der Waals surface area contributed by atoms with E-state index in [1.165, 1.54) is 0 Å². The Morgan fingerprint density at radius 3 is 2.58 bits per heavy atom. The molecular weight excluding hydrogens is 156 g/mol. The number of hydrogen-bond donors (Lipinski definition) is 2. The average Bonchev–Trinajstić information content (AvgIpc) is 1.93. The van der Waals surface area contributed by atoms with E-state index in [0.29, 0.717) is 13.1 Å². The number of amides is 1. The fourth-order valence-corrected chi connectivity index (χ4v) is 1.37. The average molecular weight is 168 g/mol. The van der Waals surface area contributed by atoms with Gasteiger partial charge in [0.15, 0.2) is 0 Å². The normalized spacial score (nSPS) is 26.3. The Hall–Kier alpha value is -1.03. The van der Waals surface area contributed by atoms with Gasteiger partial charge in [-0.15, -0.1) is 0 Å². The molecule has 1 amide bonds. The molecule has 4 heteroatoms. The Labute approximate surface area is 71.0 Å². The molecule has 0 saturated carbocycles. The predicted molar refractivity (Wildman–Crippen MR) is 43.2 cm³/mol. The lowest BCUT2D eigenvalue weighted by molar-refractivity contribution is -0.150. The molecule has 66 valence electrons. The van der Waals surface area contributed by atoms with Crippen molar-refractivity contribution in [3.8, 4) is 0 Å². The van der Waals surface area contributed by atoms with Crippen molar-refractivity contribution in [3.63, 3.8) is 0 Å². The second kappa shape index (κ2) is 2.23. The van der Waals surface area contributed by atoms with Gasteiger partial charge in [0.05, 0.1) is 5.70 Å². The van der Waals surface area contributed by atoms with Gasteiger partial charge in [0.2, 0.25) is 5.60 Å². The zero-order valence-corrected chi connectivity index (χ0v) is 7.23. The third-order valence-electron chi connectivity index (χ3n) is 2.41. The van der Waals surface area contributed by atoms with Crippen LogP contribution in [0.1, 0.15) is 13.8 Å². The summed E-state index contributed by atoms with van der Waals surface area (Å²) in [7, 11) is 0. The zero-order valence-electron chi connectivity index (χ0n) is 7.23. The summed E-state index contributed by atoms with van der Waals surface area (Å²) in [6.07, 6.45) is 0. The molecule has 12 heavy (non-hydrogen) atoms. The van der Waals surface area contributed by atoms with Crippen molar-refractivity contribution in [1.82, 2.24) is 10.6 Å². The molecule has 0 aliphatic carbocycles. The number of hydrogen-bond acceptors (Lipinski definition) is 3. The molecule has 2 N–H and O–H groups in total. The molecule has 0 atom stereocenters.